The second-order valence-electron chi connectivity index (χ2n) is 5.18. The molecule has 2 atom stereocenters. The van der Waals surface area contributed by atoms with Gasteiger partial charge in [0.1, 0.15) is 5.82 Å². The second-order valence-corrected chi connectivity index (χ2v) is 5.18. The average Bonchev–Trinajstić information content (AvgIpc) is 3.00. The molecule has 19 heavy (non-hydrogen) atoms. The topological polar surface area (TPSA) is 81.7 Å². The molecule has 0 amide bonds. The molecular formula is C13H18N6. The minimum absolute atomic E-state index is 0.265. The summed E-state index contributed by atoms with van der Waals surface area (Å²) in [5.41, 5.74) is 5.76. The van der Waals surface area contributed by atoms with Crippen LogP contribution in [0.4, 0.5) is 11.8 Å². The highest BCUT2D eigenvalue weighted by atomic mass is 15.3. The number of nitrogens with one attached hydrogen (secondary N) is 1. The van der Waals surface area contributed by atoms with Crippen LogP contribution in [0.3, 0.4) is 0 Å². The van der Waals surface area contributed by atoms with Crippen LogP contribution in [-0.2, 0) is 0 Å². The Hall–Kier alpha value is -2.11. The predicted molar refractivity (Wildman–Crippen MR) is 74.0 cm³/mol. The minimum Gasteiger partial charge on any atom is -0.368 e. The van der Waals surface area contributed by atoms with Gasteiger partial charge in [-0.2, -0.15) is 15.1 Å². The van der Waals surface area contributed by atoms with Gasteiger partial charge in [-0.25, -0.2) is 4.68 Å². The Morgan fingerprint density at radius 1 is 1.37 bits per heavy atom. The molecule has 0 saturated heterocycles. The van der Waals surface area contributed by atoms with Crippen LogP contribution in [0, 0.1) is 5.92 Å². The SMILES string of the molecule is CC1CCC(Nc2cc(-n3cccn3)nc(N)n2)C1. The van der Waals surface area contributed by atoms with Gasteiger partial charge < -0.3 is 11.1 Å². The van der Waals surface area contributed by atoms with E-state index < -0.39 is 0 Å². The van der Waals surface area contributed by atoms with Gasteiger partial charge in [-0.3, -0.25) is 0 Å². The zero-order valence-corrected chi connectivity index (χ0v) is 11.0. The number of anilines is 2. The van der Waals surface area contributed by atoms with Crippen LogP contribution < -0.4 is 11.1 Å². The fraction of sp³-hybridized carbons (Fsp3) is 0.462. The molecule has 2 heterocycles. The van der Waals surface area contributed by atoms with Gasteiger partial charge in [-0.05, 0) is 31.2 Å². The van der Waals surface area contributed by atoms with Crippen LogP contribution in [0.1, 0.15) is 26.2 Å². The number of hydrogen-bond donors (Lipinski definition) is 2. The molecule has 0 radical (unpaired) electrons. The van der Waals surface area contributed by atoms with E-state index in [-0.39, 0.29) is 5.95 Å². The predicted octanol–water partition coefficient (Wildman–Crippen LogP) is 1.84. The Morgan fingerprint density at radius 3 is 2.95 bits per heavy atom. The Morgan fingerprint density at radius 2 is 2.26 bits per heavy atom. The summed E-state index contributed by atoms with van der Waals surface area (Å²) < 4.78 is 1.68. The number of hydrogen-bond acceptors (Lipinski definition) is 5. The van der Waals surface area contributed by atoms with Gasteiger partial charge in [0.25, 0.3) is 0 Å². The molecular weight excluding hydrogens is 240 g/mol. The fourth-order valence-corrected chi connectivity index (χ4v) is 2.60. The van der Waals surface area contributed by atoms with E-state index in [1.165, 1.54) is 19.3 Å². The van der Waals surface area contributed by atoms with Gasteiger partial charge in [0.05, 0.1) is 0 Å². The molecule has 3 N–H and O–H groups in total. The quantitative estimate of drug-likeness (QED) is 0.878. The van der Waals surface area contributed by atoms with E-state index in [0.717, 1.165) is 11.7 Å². The summed E-state index contributed by atoms with van der Waals surface area (Å²) in [5, 5.41) is 7.60. The van der Waals surface area contributed by atoms with E-state index >= 15 is 0 Å². The molecule has 2 aromatic rings. The van der Waals surface area contributed by atoms with Gasteiger partial charge >= 0.3 is 0 Å². The third kappa shape index (κ3) is 2.67. The fourth-order valence-electron chi connectivity index (χ4n) is 2.60. The highest BCUT2D eigenvalue weighted by Gasteiger charge is 2.21. The first-order chi connectivity index (χ1) is 9.20. The average molecular weight is 258 g/mol. The molecule has 2 unspecified atom stereocenters. The Labute approximate surface area is 112 Å². The maximum atomic E-state index is 5.76. The zero-order valence-electron chi connectivity index (χ0n) is 11.0. The number of nitrogens with two attached hydrogens (primary N) is 1. The smallest absolute Gasteiger partial charge is 0.224 e. The first kappa shape index (κ1) is 12.0. The van der Waals surface area contributed by atoms with Crippen molar-refractivity contribution in [2.24, 2.45) is 5.92 Å². The zero-order chi connectivity index (χ0) is 13.2. The Kier molecular flexibility index (Phi) is 3.06. The summed E-state index contributed by atoms with van der Waals surface area (Å²) in [4.78, 5) is 8.44. The summed E-state index contributed by atoms with van der Waals surface area (Å²) in [7, 11) is 0. The van der Waals surface area contributed by atoms with E-state index in [2.05, 4.69) is 27.3 Å². The Bertz CT molecular complexity index is 550. The number of nitrogen functional groups attached to an aromatic ring is 1. The van der Waals surface area contributed by atoms with Gasteiger partial charge in [0.2, 0.25) is 5.95 Å². The van der Waals surface area contributed by atoms with Gasteiger partial charge in [0, 0.05) is 24.5 Å². The maximum Gasteiger partial charge on any atom is 0.224 e. The largest absolute Gasteiger partial charge is 0.368 e. The van der Waals surface area contributed by atoms with Crippen LogP contribution in [0.5, 0.6) is 0 Å². The van der Waals surface area contributed by atoms with E-state index in [1.807, 2.05) is 18.3 Å². The monoisotopic (exact) mass is 258 g/mol. The van der Waals surface area contributed by atoms with Gasteiger partial charge in [-0.15, -0.1) is 0 Å². The molecule has 0 aromatic carbocycles. The van der Waals surface area contributed by atoms with Crippen molar-refractivity contribution in [1.82, 2.24) is 19.7 Å². The van der Waals surface area contributed by atoms with Crippen LogP contribution >= 0.6 is 0 Å². The van der Waals surface area contributed by atoms with Crippen molar-refractivity contribution in [1.29, 1.82) is 0 Å². The van der Waals surface area contributed by atoms with Crippen LogP contribution in [0.25, 0.3) is 5.82 Å². The Balaban J connectivity index is 1.82. The molecule has 2 aromatic heterocycles. The molecule has 0 spiro atoms. The molecule has 1 aliphatic rings. The highest BCUT2D eigenvalue weighted by Crippen LogP contribution is 2.27. The summed E-state index contributed by atoms with van der Waals surface area (Å²) in [6, 6.07) is 4.21. The molecule has 1 saturated carbocycles. The molecule has 6 heteroatoms. The van der Waals surface area contributed by atoms with E-state index in [4.69, 9.17) is 5.73 Å². The molecule has 0 bridgehead atoms. The summed E-state index contributed by atoms with van der Waals surface area (Å²) in [6.07, 6.45) is 7.18. The lowest BCUT2D eigenvalue weighted by atomic mass is 10.1. The van der Waals surface area contributed by atoms with Crippen molar-refractivity contribution in [3.8, 4) is 5.82 Å². The molecule has 100 valence electrons. The van der Waals surface area contributed by atoms with Crippen molar-refractivity contribution < 1.29 is 0 Å². The third-order valence-electron chi connectivity index (χ3n) is 3.52. The second kappa shape index (κ2) is 4.87. The molecule has 1 fully saturated rings. The number of aromatic nitrogens is 4. The lowest BCUT2D eigenvalue weighted by Gasteiger charge is -2.14. The van der Waals surface area contributed by atoms with E-state index in [1.54, 1.807) is 10.9 Å². The van der Waals surface area contributed by atoms with Crippen LogP contribution in [0.15, 0.2) is 24.5 Å². The minimum atomic E-state index is 0.265. The summed E-state index contributed by atoms with van der Waals surface area (Å²) in [6.45, 7) is 2.28. The van der Waals surface area contributed by atoms with E-state index in [0.29, 0.717) is 11.9 Å². The molecule has 6 nitrogen and oxygen atoms in total. The lowest BCUT2D eigenvalue weighted by Crippen LogP contribution is -2.17. The van der Waals surface area contributed by atoms with Crippen molar-refractivity contribution in [2.75, 3.05) is 11.1 Å². The maximum absolute atomic E-state index is 5.76. The van der Waals surface area contributed by atoms with Gasteiger partial charge in [0.15, 0.2) is 5.82 Å². The summed E-state index contributed by atoms with van der Waals surface area (Å²) in [5.74, 6) is 2.51. The van der Waals surface area contributed by atoms with Crippen LogP contribution in [0.2, 0.25) is 0 Å². The number of rotatable bonds is 3. The van der Waals surface area contributed by atoms with E-state index in [9.17, 15) is 0 Å². The van der Waals surface area contributed by atoms with Crippen molar-refractivity contribution >= 4 is 11.8 Å². The van der Waals surface area contributed by atoms with Crippen molar-refractivity contribution in [3.05, 3.63) is 24.5 Å². The molecule has 3 rings (SSSR count). The first-order valence-corrected chi connectivity index (χ1v) is 6.62. The van der Waals surface area contributed by atoms with Gasteiger partial charge in [-0.1, -0.05) is 6.92 Å². The molecule has 1 aliphatic carbocycles. The molecule has 0 aliphatic heterocycles. The standard InChI is InChI=1S/C13H18N6/c1-9-3-4-10(7-9)16-11-8-12(18-13(14)17-11)19-6-2-5-15-19/h2,5-6,8-10H,3-4,7H2,1H3,(H3,14,16,17,18). The van der Waals surface area contributed by atoms with Crippen LogP contribution in [-0.4, -0.2) is 25.8 Å². The van der Waals surface area contributed by atoms with Crippen molar-refractivity contribution in [2.45, 2.75) is 32.2 Å². The highest BCUT2D eigenvalue weighted by molar-refractivity contribution is 5.46. The summed E-state index contributed by atoms with van der Waals surface area (Å²) >= 11 is 0. The van der Waals surface area contributed by atoms with Crippen molar-refractivity contribution in [3.63, 3.8) is 0 Å². The third-order valence-corrected chi connectivity index (χ3v) is 3.52. The first-order valence-electron chi connectivity index (χ1n) is 6.62. The number of nitrogens with zero attached hydrogens (tertiary/aromatic N) is 4. The lowest BCUT2D eigenvalue weighted by molar-refractivity contribution is 0.602. The normalized spacial score (nSPS) is 22.6.